The molecular weight excluding hydrogens is 455 g/mol. The molecule has 0 fully saturated rings. The van der Waals surface area contributed by atoms with E-state index in [1.807, 2.05) is 0 Å². The van der Waals surface area contributed by atoms with Crippen molar-refractivity contribution in [3.63, 3.8) is 0 Å². The van der Waals surface area contributed by atoms with Gasteiger partial charge in [-0.25, -0.2) is 8.42 Å². The number of nitrogens with two attached hydrogens (primary N) is 1. The van der Waals surface area contributed by atoms with Gasteiger partial charge in [0.05, 0.1) is 23.6 Å². The third-order valence-electron chi connectivity index (χ3n) is 5.14. The number of nitriles is 1. The normalized spacial score (nSPS) is 14.2. The number of primary amides is 1. The lowest BCUT2D eigenvalue weighted by molar-refractivity contribution is -0.192. The summed E-state index contributed by atoms with van der Waals surface area (Å²) in [5.41, 5.74) is 6.31. The summed E-state index contributed by atoms with van der Waals surface area (Å²) in [5.74, 6) is -1.05. The molecule has 0 heterocycles. The maximum atomic E-state index is 14.2. The molecule has 2 atom stereocenters. The van der Waals surface area contributed by atoms with Crippen molar-refractivity contribution >= 4 is 15.7 Å². The number of hydrogen-bond acceptors (Lipinski definition) is 5. The van der Waals surface area contributed by atoms with Gasteiger partial charge in [-0.05, 0) is 41.2 Å². The molecule has 0 saturated carbocycles. The Kier molecular flexibility index (Phi) is 8.27. The van der Waals surface area contributed by atoms with Crippen LogP contribution >= 0.6 is 0 Å². The summed E-state index contributed by atoms with van der Waals surface area (Å²) in [6, 6.07) is 9.72. The smallest absolute Gasteiger partial charge is 0.368 e. The Bertz CT molecular complexity index is 1120. The van der Waals surface area contributed by atoms with Crippen LogP contribution < -0.4 is 5.73 Å². The van der Waals surface area contributed by atoms with Crippen LogP contribution in [0.2, 0.25) is 0 Å². The van der Waals surface area contributed by atoms with Crippen molar-refractivity contribution in [3.8, 4) is 17.2 Å². The average Bonchev–Trinajstić information content (AvgIpc) is 2.70. The van der Waals surface area contributed by atoms with Crippen molar-refractivity contribution in [1.82, 2.24) is 4.90 Å². The van der Waals surface area contributed by atoms with Gasteiger partial charge in [0.1, 0.15) is 6.04 Å². The van der Waals surface area contributed by atoms with Crippen LogP contribution in [0.25, 0.3) is 11.1 Å². The van der Waals surface area contributed by atoms with Gasteiger partial charge in [0.2, 0.25) is 5.91 Å². The zero-order valence-electron chi connectivity index (χ0n) is 18.5. The van der Waals surface area contributed by atoms with Gasteiger partial charge in [-0.1, -0.05) is 50.2 Å². The number of carbonyl (C=O) groups excluding carboxylic acids is 1. The first kappa shape index (κ1) is 26.4. The molecule has 1 unspecified atom stereocenters. The number of carbonyl (C=O) groups is 1. The minimum atomic E-state index is -4.78. The number of nitrogens with zero attached hydrogens (tertiary/aromatic N) is 2. The lowest BCUT2D eigenvalue weighted by atomic mass is 9.95. The fourth-order valence-corrected chi connectivity index (χ4v) is 4.32. The van der Waals surface area contributed by atoms with Crippen molar-refractivity contribution in [1.29, 1.82) is 5.26 Å². The zero-order chi connectivity index (χ0) is 25.0. The standard InChI is InChI=1S/C23H26F3N3O3S/c1-15(2)13-20(22(28)30)29(12-11-27)21(23(24,25)26)17-9-7-16(8-10-17)18-5-4-6-19(14-18)33(3,31)32/h4-10,14-15,20-21H,12-13H2,1-3H3,(H2,28,30)/t20-,21?/m0/s1. The highest BCUT2D eigenvalue weighted by molar-refractivity contribution is 7.90. The van der Waals surface area contributed by atoms with E-state index in [0.717, 1.165) is 11.2 Å². The van der Waals surface area contributed by atoms with Crippen molar-refractivity contribution in [3.05, 3.63) is 54.1 Å². The van der Waals surface area contributed by atoms with Gasteiger partial charge < -0.3 is 5.73 Å². The second-order valence-corrected chi connectivity index (χ2v) is 10.3. The molecular formula is C23H26F3N3O3S. The molecule has 0 spiro atoms. The van der Waals surface area contributed by atoms with Gasteiger partial charge >= 0.3 is 6.18 Å². The van der Waals surface area contributed by atoms with Gasteiger partial charge in [-0.3, -0.25) is 9.69 Å². The Morgan fingerprint density at radius 3 is 2.18 bits per heavy atom. The van der Waals surface area contributed by atoms with E-state index in [1.165, 1.54) is 36.4 Å². The summed E-state index contributed by atoms with van der Waals surface area (Å²) in [4.78, 5) is 12.9. The number of halogens is 3. The fraction of sp³-hybridized carbons (Fsp3) is 0.391. The molecule has 2 N–H and O–H groups in total. The fourth-order valence-electron chi connectivity index (χ4n) is 3.66. The molecule has 0 aliphatic carbocycles. The number of alkyl halides is 3. The zero-order valence-corrected chi connectivity index (χ0v) is 19.3. The summed E-state index contributed by atoms with van der Waals surface area (Å²) in [6.45, 7) is 2.87. The molecule has 0 bridgehead atoms. The molecule has 1 amide bonds. The van der Waals surface area contributed by atoms with Crippen LogP contribution in [-0.2, 0) is 14.6 Å². The number of amides is 1. The van der Waals surface area contributed by atoms with Gasteiger partial charge in [-0.2, -0.15) is 18.4 Å². The van der Waals surface area contributed by atoms with Crippen molar-refractivity contribution < 1.29 is 26.4 Å². The van der Waals surface area contributed by atoms with Gasteiger partial charge in [-0.15, -0.1) is 0 Å². The van der Waals surface area contributed by atoms with Crippen LogP contribution in [-0.4, -0.2) is 44.2 Å². The number of sulfone groups is 1. The Labute approximate surface area is 191 Å². The summed E-state index contributed by atoms with van der Waals surface area (Å²) >= 11 is 0. The molecule has 2 aromatic carbocycles. The van der Waals surface area contributed by atoms with Crippen molar-refractivity contribution in [2.45, 2.75) is 43.4 Å². The monoisotopic (exact) mass is 481 g/mol. The summed E-state index contributed by atoms with van der Waals surface area (Å²) in [6.07, 6.45) is -3.64. The Hall–Kier alpha value is -2.90. The molecule has 0 saturated heterocycles. The second kappa shape index (κ2) is 10.4. The largest absolute Gasteiger partial charge is 0.408 e. The van der Waals surface area contributed by atoms with Crippen molar-refractivity contribution in [2.75, 3.05) is 12.8 Å². The molecule has 33 heavy (non-hydrogen) atoms. The molecule has 0 aromatic heterocycles. The van der Waals surface area contributed by atoms with Crippen molar-refractivity contribution in [2.24, 2.45) is 11.7 Å². The minimum Gasteiger partial charge on any atom is -0.368 e. The molecule has 6 nitrogen and oxygen atoms in total. The predicted octanol–water partition coefficient (Wildman–Crippen LogP) is 4.09. The van der Waals surface area contributed by atoms with Crippen LogP contribution in [0.3, 0.4) is 0 Å². The maximum absolute atomic E-state index is 14.2. The first-order chi connectivity index (χ1) is 15.3. The quantitative estimate of drug-likeness (QED) is 0.544. The highest BCUT2D eigenvalue weighted by atomic mass is 32.2. The second-order valence-electron chi connectivity index (χ2n) is 8.24. The van der Waals surface area contributed by atoms with E-state index in [4.69, 9.17) is 5.73 Å². The number of benzene rings is 2. The summed E-state index contributed by atoms with van der Waals surface area (Å²) in [7, 11) is -3.45. The van der Waals surface area contributed by atoms with Gasteiger partial charge in [0.15, 0.2) is 9.84 Å². The molecule has 2 aromatic rings. The van der Waals surface area contributed by atoms with E-state index >= 15 is 0 Å². The molecule has 0 aliphatic heterocycles. The third kappa shape index (κ3) is 6.79. The Balaban J connectivity index is 2.53. The Morgan fingerprint density at radius 2 is 1.73 bits per heavy atom. The van der Waals surface area contributed by atoms with Crippen LogP contribution in [0.5, 0.6) is 0 Å². The molecule has 2 rings (SSSR count). The van der Waals surface area contributed by atoms with Gasteiger partial charge in [0, 0.05) is 6.26 Å². The summed E-state index contributed by atoms with van der Waals surface area (Å²) < 4.78 is 66.1. The predicted molar refractivity (Wildman–Crippen MR) is 119 cm³/mol. The first-order valence-electron chi connectivity index (χ1n) is 10.1. The van der Waals surface area contributed by atoms with E-state index in [-0.39, 0.29) is 22.8 Å². The van der Waals surface area contributed by atoms with Crippen LogP contribution in [0.1, 0.15) is 31.9 Å². The van der Waals surface area contributed by atoms with E-state index in [2.05, 4.69) is 0 Å². The van der Waals surface area contributed by atoms with E-state index in [0.29, 0.717) is 11.1 Å². The van der Waals surface area contributed by atoms with E-state index in [1.54, 1.807) is 32.0 Å². The van der Waals surface area contributed by atoms with Gasteiger partial charge in [0.25, 0.3) is 0 Å². The highest BCUT2D eigenvalue weighted by Gasteiger charge is 2.47. The molecule has 0 radical (unpaired) electrons. The van der Waals surface area contributed by atoms with Crippen LogP contribution in [0, 0.1) is 17.2 Å². The molecule has 178 valence electrons. The number of hydrogen-bond donors (Lipinski definition) is 1. The SMILES string of the molecule is CC(C)C[C@@H](C(N)=O)N(CC#N)C(c1ccc(-c2cccc(S(C)(=O)=O)c2)cc1)C(F)(F)F. The third-order valence-corrected chi connectivity index (χ3v) is 6.25. The maximum Gasteiger partial charge on any atom is 0.408 e. The molecule has 10 heteroatoms. The summed E-state index contributed by atoms with van der Waals surface area (Å²) in [5, 5.41) is 9.19. The average molecular weight is 482 g/mol. The topological polar surface area (TPSA) is 104 Å². The lowest BCUT2D eigenvalue weighted by Crippen LogP contribution is -2.51. The van der Waals surface area contributed by atoms with E-state index < -0.39 is 40.5 Å². The highest BCUT2D eigenvalue weighted by Crippen LogP contribution is 2.40. The number of rotatable bonds is 9. The van der Waals surface area contributed by atoms with Crippen LogP contribution in [0.4, 0.5) is 13.2 Å². The lowest BCUT2D eigenvalue weighted by Gasteiger charge is -2.37. The molecule has 0 aliphatic rings. The van der Waals surface area contributed by atoms with E-state index in [9.17, 15) is 31.6 Å². The minimum absolute atomic E-state index is 0.0694. The van der Waals surface area contributed by atoms with Crippen LogP contribution in [0.15, 0.2) is 53.4 Å². The Morgan fingerprint density at radius 1 is 1.12 bits per heavy atom. The first-order valence-corrected chi connectivity index (χ1v) is 12.0.